The fourth-order valence-corrected chi connectivity index (χ4v) is 2.00. The highest BCUT2D eigenvalue weighted by Crippen LogP contribution is 2.14. The summed E-state index contributed by atoms with van der Waals surface area (Å²) in [4.78, 5) is 27.8. The molecule has 0 saturated carbocycles. The molecule has 4 nitrogen and oxygen atoms in total. The smallest absolute Gasteiger partial charge is 0.340 e. The molecule has 0 aliphatic heterocycles. The lowest BCUT2D eigenvalue weighted by Crippen LogP contribution is -2.24. The first-order valence-electron chi connectivity index (χ1n) is 6.09. The molecule has 0 fully saturated rings. The second-order valence-corrected chi connectivity index (χ2v) is 5.59. The van der Waals surface area contributed by atoms with Gasteiger partial charge in [-0.2, -0.15) is 0 Å². The molecule has 1 heterocycles. The Labute approximate surface area is 135 Å². The number of carbonyl (C=O) groups is 2. The number of carbonyl (C=O) groups excluding carboxylic acids is 2. The van der Waals surface area contributed by atoms with Gasteiger partial charge in [-0.05, 0) is 31.2 Å². The number of Topliss-reactive ketones (excluding diaryl/α,β-unsaturated/α-hetero) is 1. The van der Waals surface area contributed by atoms with Gasteiger partial charge in [0.1, 0.15) is 5.15 Å². The largest absolute Gasteiger partial charge is 0.451 e. The zero-order valence-electron chi connectivity index (χ0n) is 11.0. The van der Waals surface area contributed by atoms with Crippen LogP contribution < -0.4 is 0 Å². The molecule has 0 aliphatic rings. The number of ketones is 1. The summed E-state index contributed by atoms with van der Waals surface area (Å²) in [5.41, 5.74) is 0.725. The normalized spacial score (nSPS) is 11.8. The molecule has 0 spiro atoms. The lowest BCUT2D eigenvalue weighted by Gasteiger charge is -2.12. The van der Waals surface area contributed by atoms with Gasteiger partial charge in [-0.1, -0.05) is 39.7 Å². The number of halogens is 2. The van der Waals surface area contributed by atoms with Crippen LogP contribution in [0.25, 0.3) is 0 Å². The van der Waals surface area contributed by atoms with Gasteiger partial charge < -0.3 is 4.74 Å². The maximum absolute atomic E-state index is 12.1. The zero-order valence-corrected chi connectivity index (χ0v) is 13.4. The summed E-state index contributed by atoms with van der Waals surface area (Å²) in [5.74, 6) is -0.880. The van der Waals surface area contributed by atoms with E-state index in [1.54, 1.807) is 24.3 Å². The molecular weight excluding hydrogens is 358 g/mol. The van der Waals surface area contributed by atoms with Crippen molar-refractivity contribution in [3.63, 3.8) is 0 Å². The average Bonchev–Trinajstić information content (AvgIpc) is 2.47. The van der Waals surface area contributed by atoms with E-state index in [4.69, 9.17) is 16.3 Å². The van der Waals surface area contributed by atoms with Crippen molar-refractivity contribution in [2.45, 2.75) is 13.0 Å². The van der Waals surface area contributed by atoms with Crippen molar-refractivity contribution >= 4 is 39.3 Å². The standard InChI is InChI=1S/C15H11BrClNO3/c1-9(14(19)10-2-5-12(16)6-3-10)21-15(20)11-4-7-13(17)18-8-11/h2-9H,1H3/t9-/m1/s1. The van der Waals surface area contributed by atoms with Crippen LogP contribution in [0, 0.1) is 0 Å². The summed E-state index contributed by atoms with van der Waals surface area (Å²) in [6.45, 7) is 1.53. The Balaban J connectivity index is 2.05. The van der Waals surface area contributed by atoms with Gasteiger partial charge in [0.15, 0.2) is 6.10 Å². The molecule has 0 aliphatic carbocycles. The SMILES string of the molecule is C[C@@H](OC(=O)c1ccc(Cl)nc1)C(=O)c1ccc(Br)cc1. The summed E-state index contributed by atoms with van der Waals surface area (Å²) < 4.78 is 6.01. The van der Waals surface area contributed by atoms with E-state index in [1.807, 2.05) is 0 Å². The molecule has 0 bridgehead atoms. The molecular formula is C15H11BrClNO3. The Morgan fingerprint density at radius 2 is 1.76 bits per heavy atom. The highest BCUT2D eigenvalue weighted by molar-refractivity contribution is 9.10. The van der Waals surface area contributed by atoms with E-state index in [-0.39, 0.29) is 16.5 Å². The summed E-state index contributed by atoms with van der Waals surface area (Å²) in [6, 6.07) is 9.82. The minimum Gasteiger partial charge on any atom is -0.451 e. The van der Waals surface area contributed by atoms with E-state index in [9.17, 15) is 9.59 Å². The third-order valence-electron chi connectivity index (χ3n) is 2.74. The van der Waals surface area contributed by atoms with Gasteiger partial charge in [0.2, 0.25) is 5.78 Å². The molecule has 1 aromatic heterocycles. The predicted molar refractivity (Wildman–Crippen MR) is 82.6 cm³/mol. The first-order chi connectivity index (χ1) is 9.97. The Bertz CT molecular complexity index is 656. The molecule has 1 aromatic carbocycles. The van der Waals surface area contributed by atoms with Crippen molar-refractivity contribution in [1.82, 2.24) is 4.98 Å². The molecule has 2 rings (SSSR count). The fourth-order valence-electron chi connectivity index (χ4n) is 1.63. The van der Waals surface area contributed by atoms with Crippen molar-refractivity contribution < 1.29 is 14.3 Å². The monoisotopic (exact) mass is 367 g/mol. The van der Waals surface area contributed by atoms with Gasteiger partial charge >= 0.3 is 5.97 Å². The van der Waals surface area contributed by atoms with Gasteiger partial charge in [0, 0.05) is 16.2 Å². The number of hydrogen-bond acceptors (Lipinski definition) is 4. The number of benzene rings is 1. The van der Waals surface area contributed by atoms with Crippen LogP contribution in [0.5, 0.6) is 0 Å². The average molecular weight is 369 g/mol. The second-order valence-electron chi connectivity index (χ2n) is 4.29. The van der Waals surface area contributed by atoms with Crippen LogP contribution in [0.15, 0.2) is 47.1 Å². The molecule has 0 radical (unpaired) electrons. The van der Waals surface area contributed by atoms with Crippen LogP contribution in [-0.2, 0) is 4.74 Å². The van der Waals surface area contributed by atoms with Gasteiger partial charge in [-0.25, -0.2) is 9.78 Å². The van der Waals surface area contributed by atoms with Gasteiger partial charge in [0.05, 0.1) is 5.56 Å². The van der Waals surface area contributed by atoms with E-state index < -0.39 is 12.1 Å². The lowest BCUT2D eigenvalue weighted by molar-refractivity contribution is 0.0318. The predicted octanol–water partition coefficient (Wildman–Crippen LogP) is 3.93. The van der Waals surface area contributed by atoms with Crippen LogP contribution >= 0.6 is 27.5 Å². The molecule has 0 amide bonds. The quantitative estimate of drug-likeness (QED) is 0.466. The molecule has 6 heteroatoms. The molecule has 2 aromatic rings. The summed E-state index contributed by atoms with van der Waals surface area (Å²) in [5, 5.41) is 0.283. The van der Waals surface area contributed by atoms with Crippen molar-refractivity contribution in [3.05, 3.63) is 63.3 Å². The molecule has 0 N–H and O–H groups in total. The van der Waals surface area contributed by atoms with Crippen LogP contribution in [-0.4, -0.2) is 22.8 Å². The molecule has 21 heavy (non-hydrogen) atoms. The van der Waals surface area contributed by atoms with Crippen LogP contribution in [0.3, 0.4) is 0 Å². The van der Waals surface area contributed by atoms with Crippen LogP contribution in [0.4, 0.5) is 0 Å². The van der Waals surface area contributed by atoms with E-state index in [0.717, 1.165) is 4.47 Å². The first-order valence-corrected chi connectivity index (χ1v) is 7.27. The van der Waals surface area contributed by atoms with Gasteiger partial charge in [-0.3, -0.25) is 4.79 Å². The van der Waals surface area contributed by atoms with Gasteiger partial charge in [0.25, 0.3) is 0 Å². The molecule has 108 valence electrons. The maximum atomic E-state index is 12.1. The topological polar surface area (TPSA) is 56.3 Å². The highest BCUT2D eigenvalue weighted by Gasteiger charge is 2.20. The lowest BCUT2D eigenvalue weighted by atomic mass is 10.1. The minimum atomic E-state index is -0.880. The summed E-state index contributed by atoms with van der Waals surface area (Å²) >= 11 is 8.94. The van der Waals surface area contributed by atoms with Crippen molar-refractivity contribution in [2.75, 3.05) is 0 Å². The van der Waals surface area contributed by atoms with E-state index >= 15 is 0 Å². The van der Waals surface area contributed by atoms with E-state index in [2.05, 4.69) is 20.9 Å². The maximum Gasteiger partial charge on any atom is 0.340 e. The zero-order chi connectivity index (χ0) is 15.4. The van der Waals surface area contributed by atoms with Crippen molar-refractivity contribution in [2.24, 2.45) is 0 Å². The third-order valence-corrected chi connectivity index (χ3v) is 3.50. The van der Waals surface area contributed by atoms with Gasteiger partial charge in [-0.15, -0.1) is 0 Å². The van der Waals surface area contributed by atoms with Crippen LogP contribution in [0.2, 0.25) is 5.15 Å². The number of rotatable bonds is 4. The highest BCUT2D eigenvalue weighted by atomic mass is 79.9. The Hall–Kier alpha value is -1.72. The van der Waals surface area contributed by atoms with Crippen molar-refractivity contribution in [1.29, 1.82) is 0 Å². The third kappa shape index (κ3) is 4.12. The molecule has 1 atom stereocenters. The number of ether oxygens (including phenoxy) is 1. The first kappa shape index (κ1) is 15.7. The molecule has 0 unspecified atom stereocenters. The Morgan fingerprint density at radius 1 is 1.14 bits per heavy atom. The second kappa shape index (κ2) is 6.83. The van der Waals surface area contributed by atoms with E-state index in [1.165, 1.54) is 25.3 Å². The summed E-state index contributed by atoms with van der Waals surface area (Å²) in [7, 11) is 0. The summed E-state index contributed by atoms with van der Waals surface area (Å²) in [6.07, 6.45) is 0.427. The Morgan fingerprint density at radius 3 is 2.33 bits per heavy atom. The van der Waals surface area contributed by atoms with Crippen LogP contribution in [0.1, 0.15) is 27.6 Å². The minimum absolute atomic E-state index is 0.245. The number of pyridine rings is 1. The number of nitrogens with zero attached hydrogens (tertiary/aromatic N) is 1. The number of hydrogen-bond donors (Lipinski definition) is 0. The molecule has 0 saturated heterocycles. The van der Waals surface area contributed by atoms with Crippen molar-refractivity contribution in [3.8, 4) is 0 Å². The number of esters is 1. The fraction of sp³-hybridized carbons (Fsp3) is 0.133. The van der Waals surface area contributed by atoms with E-state index in [0.29, 0.717) is 5.56 Å². The number of aromatic nitrogens is 1. The Kier molecular flexibility index (Phi) is 5.09.